The first-order valence-corrected chi connectivity index (χ1v) is 5.97. The van der Waals surface area contributed by atoms with Gasteiger partial charge in [-0.3, -0.25) is 4.79 Å². The van der Waals surface area contributed by atoms with E-state index >= 15 is 0 Å². The fourth-order valence-electron chi connectivity index (χ4n) is 1.29. The second-order valence-corrected chi connectivity index (χ2v) is 4.46. The largest absolute Gasteiger partial charge is 0.346 e. The molecule has 4 heteroatoms. The monoisotopic (exact) mass is 250 g/mol. The van der Waals surface area contributed by atoms with Gasteiger partial charge in [-0.2, -0.15) is 5.26 Å². The molecule has 0 bridgehead atoms. The number of alkyl halides is 1. The van der Waals surface area contributed by atoms with Crippen LogP contribution in [0.15, 0.2) is 24.3 Å². The summed E-state index contributed by atoms with van der Waals surface area (Å²) < 4.78 is 0. The van der Waals surface area contributed by atoms with E-state index in [1.54, 1.807) is 24.3 Å². The summed E-state index contributed by atoms with van der Waals surface area (Å²) in [6, 6.07) is 8.61. The standard InChI is InChI=1S/C13H15ClN2O/c1-3-13(2,9-14)16-12(17)11-6-4-5-10(7-11)8-15/h4-7H,3,9H2,1-2H3,(H,16,17). The summed E-state index contributed by atoms with van der Waals surface area (Å²) in [6.45, 7) is 3.86. The summed E-state index contributed by atoms with van der Waals surface area (Å²) in [5.41, 5.74) is 0.539. The topological polar surface area (TPSA) is 52.9 Å². The number of hydrogen-bond donors (Lipinski definition) is 1. The maximum absolute atomic E-state index is 12.0. The maximum Gasteiger partial charge on any atom is 0.251 e. The molecule has 0 spiro atoms. The van der Waals surface area contributed by atoms with Gasteiger partial charge in [0.25, 0.3) is 5.91 Å². The molecule has 0 saturated heterocycles. The molecule has 1 rings (SSSR count). The fourth-order valence-corrected chi connectivity index (χ4v) is 1.55. The van der Waals surface area contributed by atoms with Gasteiger partial charge < -0.3 is 5.32 Å². The van der Waals surface area contributed by atoms with Crippen molar-refractivity contribution in [1.29, 1.82) is 5.26 Å². The Labute approximate surface area is 106 Å². The average Bonchev–Trinajstić information content (AvgIpc) is 2.38. The molecule has 0 heterocycles. The number of amides is 1. The van der Waals surface area contributed by atoms with E-state index in [9.17, 15) is 4.79 Å². The van der Waals surface area contributed by atoms with Gasteiger partial charge in [0.15, 0.2) is 0 Å². The van der Waals surface area contributed by atoms with Crippen LogP contribution in [0.3, 0.4) is 0 Å². The van der Waals surface area contributed by atoms with Crippen molar-refractivity contribution in [2.45, 2.75) is 25.8 Å². The van der Waals surface area contributed by atoms with Gasteiger partial charge in [-0.25, -0.2) is 0 Å². The Hall–Kier alpha value is -1.53. The highest BCUT2D eigenvalue weighted by Crippen LogP contribution is 2.13. The summed E-state index contributed by atoms with van der Waals surface area (Å²) in [5.74, 6) is 0.153. The highest BCUT2D eigenvalue weighted by atomic mass is 35.5. The van der Waals surface area contributed by atoms with Gasteiger partial charge in [0, 0.05) is 11.4 Å². The molecule has 3 nitrogen and oxygen atoms in total. The first-order chi connectivity index (χ1) is 8.04. The van der Waals surface area contributed by atoms with Gasteiger partial charge in [-0.1, -0.05) is 13.0 Å². The van der Waals surface area contributed by atoms with Crippen LogP contribution in [0.2, 0.25) is 0 Å². The second kappa shape index (κ2) is 5.70. The van der Waals surface area contributed by atoms with Crippen LogP contribution in [0, 0.1) is 11.3 Å². The molecule has 90 valence electrons. The van der Waals surface area contributed by atoms with Crippen molar-refractivity contribution in [3.63, 3.8) is 0 Å². The summed E-state index contributed by atoms with van der Waals surface area (Å²) in [4.78, 5) is 12.0. The Morgan fingerprint density at radius 1 is 1.59 bits per heavy atom. The maximum atomic E-state index is 12.0. The molecule has 0 aliphatic rings. The second-order valence-electron chi connectivity index (χ2n) is 4.19. The van der Waals surface area contributed by atoms with Crippen LogP contribution in [0.5, 0.6) is 0 Å². The molecular weight excluding hydrogens is 236 g/mol. The van der Waals surface area contributed by atoms with E-state index in [0.29, 0.717) is 17.0 Å². The molecule has 0 aromatic heterocycles. The quantitative estimate of drug-likeness (QED) is 0.836. The van der Waals surface area contributed by atoms with Crippen LogP contribution in [-0.2, 0) is 0 Å². The molecule has 0 radical (unpaired) electrons. The van der Waals surface area contributed by atoms with Crippen molar-refractivity contribution in [2.75, 3.05) is 5.88 Å². The number of carbonyl (C=O) groups is 1. The zero-order chi connectivity index (χ0) is 12.9. The molecule has 0 aliphatic heterocycles. The zero-order valence-corrected chi connectivity index (χ0v) is 10.7. The number of carbonyl (C=O) groups excluding carboxylic acids is 1. The number of nitrogens with zero attached hydrogens (tertiary/aromatic N) is 1. The molecule has 1 amide bonds. The number of nitrogens with one attached hydrogen (secondary N) is 1. The van der Waals surface area contributed by atoms with Crippen LogP contribution >= 0.6 is 11.6 Å². The number of halogens is 1. The predicted molar refractivity (Wildman–Crippen MR) is 68.0 cm³/mol. The Morgan fingerprint density at radius 3 is 2.82 bits per heavy atom. The molecule has 1 unspecified atom stereocenters. The molecule has 0 fully saturated rings. The van der Waals surface area contributed by atoms with E-state index in [0.717, 1.165) is 6.42 Å². The lowest BCUT2D eigenvalue weighted by Gasteiger charge is -2.27. The van der Waals surface area contributed by atoms with E-state index in [1.165, 1.54) is 0 Å². The number of benzene rings is 1. The predicted octanol–water partition coefficient (Wildman–Crippen LogP) is 2.70. The number of hydrogen-bond acceptors (Lipinski definition) is 2. The van der Waals surface area contributed by atoms with Crippen molar-refractivity contribution in [3.8, 4) is 6.07 Å². The highest BCUT2D eigenvalue weighted by molar-refractivity contribution is 6.18. The molecule has 1 aromatic carbocycles. The Bertz CT molecular complexity index is 447. The molecule has 0 saturated carbocycles. The van der Waals surface area contributed by atoms with Crippen LogP contribution < -0.4 is 5.32 Å². The SMILES string of the molecule is CCC(C)(CCl)NC(=O)c1cccc(C#N)c1. The minimum Gasteiger partial charge on any atom is -0.346 e. The molecule has 1 atom stereocenters. The molecule has 17 heavy (non-hydrogen) atoms. The third kappa shape index (κ3) is 3.47. The van der Waals surface area contributed by atoms with Gasteiger partial charge in [0.1, 0.15) is 0 Å². The van der Waals surface area contributed by atoms with Crippen molar-refractivity contribution < 1.29 is 4.79 Å². The summed E-state index contributed by atoms with van der Waals surface area (Å²) in [7, 11) is 0. The van der Waals surface area contributed by atoms with E-state index in [-0.39, 0.29) is 5.91 Å². The van der Waals surface area contributed by atoms with Crippen LogP contribution in [-0.4, -0.2) is 17.3 Å². The van der Waals surface area contributed by atoms with Gasteiger partial charge >= 0.3 is 0 Å². The van der Waals surface area contributed by atoms with Crippen molar-refractivity contribution in [2.24, 2.45) is 0 Å². The summed E-state index contributed by atoms with van der Waals surface area (Å²) >= 11 is 5.83. The normalized spacial score (nSPS) is 13.5. The zero-order valence-electron chi connectivity index (χ0n) is 9.96. The lowest BCUT2D eigenvalue weighted by molar-refractivity contribution is 0.0912. The van der Waals surface area contributed by atoms with Crippen molar-refractivity contribution >= 4 is 17.5 Å². The van der Waals surface area contributed by atoms with Gasteiger partial charge in [0.05, 0.1) is 17.2 Å². The van der Waals surface area contributed by atoms with Gasteiger partial charge in [-0.15, -0.1) is 11.6 Å². The Balaban J connectivity index is 2.87. The fraction of sp³-hybridized carbons (Fsp3) is 0.385. The number of nitriles is 1. The Morgan fingerprint density at radius 2 is 2.29 bits per heavy atom. The summed E-state index contributed by atoms with van der Waals surface area (Å²) in [6.07, 6.45) is 0.750. The highest BCUT2D eigenvalue weighted by Gasteiger charge is 2.23. The molecule has 1 aromatic rings. The number of rotatable bonds is 4. The third-order valence-electron chi connectivity index (χ3n) is 2.74. The Kier molecular flexibility index (Phi) is 4.53. The minimum absolute atomic E-state index is 0.202. The molecular formula is C13H15ClN2O. The lowest BCUT2D eigenvalue weighted by atomic mass is 10.0. The third-order valence-corrected chi connectivity index (χ3v) is 3.33. The van der Waals surface area contributed by atoms with E-state index in [4.69, 9.17) is 16.9 Å². The van der Waals surface area contributed by atoms with Crippen molar-refractivity contribution in [3.05, 3.63) is 35.4 Å². The molecule has 0 aliphatic carbocycles. The first kappa shape index (κ1) is 13.5. The smallest absolute Gasteiger partial charge is 0.251 e. The van der Waals surface area contributed by atoms with Crippen LogP contribution in [0.4, 0.5) is 0 Å². The average molecular weight is 251 g/mol. The van der Waals surface area contributed by atoms with Crippen LogP contribution in [0.25, 0.3) is 0 Å². The minimum atomic E-state index is -0.415. The van der Waals surface area contributed by atoms with E-state index < -0.39 is 5.54 Å². The first-order valence-electron chi connectivity index (χ1n) is 5.43. The van der Waals surface area contributed by atoms with Crippen molar-refractivity contribution in [1.82, 2.24) is 5.32 Å². The van der Waals surface area contributed by atoms with E-state index in [2.05, 4.69) is 5.32 Å². The van der Waals surface area contributed by atoms with E-state index in [1.807, 2.05) is 19.9 Å². The van der Waals surface area contributed by atoms with Crippen LogP contribution in [0.1, 0.15) is 36.2 Å². The van der Waals surface area contributed by atoms with Gasteiger partial charge in [-0.05, 0) is 31.5 Å². The lowest BCUT2D eigenvalue weighted by Crippen LogP contribution is -2.47. The molecule has 1 N–H and O–H groups in total. The summed E-state index contributed by atoms with van der Waals surface area (Å²) in [5, 5.41) is 11.6. The van der Waals surface area contributed by atoms with Gasteiger partial charge in [0.2, 0.25) is 0 Å².